The number of nitro groups is 1. The van der Waals surface area contributed by atoms with Crippen LogP contribution >= 0.6 is 0 Å². The van der Waals surface area contributed by atoms with Crippen molar-refractivity contribution in [2.24, 2.45) is 5.10 Å². The Bertz CT molecular complexity index is 1060. The summed E-state index contributed by atoms with van der Waals surface area (Å²) in [5.41, 5.74) is 10.5. The molecule has 0 bridgehead atoms. The predicted molar refractivity (Wildman–Crippen MR) is 112 cm³/mol. The van der Waals surface area contributed by atoms with E-state index in [1.165, 1.54) is 40.7 Å². The van der Waals surface area contributed by atoms with Crippen molar-refractivity contribution in [2.75, 3.05) is 5.43 Å². The van der Waals surface area contributed by atoms with Gasteiger partial charge in [-0.15, -0.1) is 0 Å². The van der Waals surface area contributed by atoms with Crippen molar-refractivity contribution in [3.63, 3.8) is 0 Å². The highest BCUT2D eigenvalue weighted by Crippen LogP contribution is 2.27. The molecule has 2 heterocycles. The van der Waals surface area contributed by atoms with E-state index in [0.29, 0.717) is 0 Å². The van der Waals surface area contributed by atoms with Crippen LogP contribution in [0, 0.1) is 44.7 Å². The molecule has 2 aromatic heterocycles. The topological polar surface area (TPSA) is 85.3 Å². The number of aromatic nitrogens is 2. The quantitative estimate of drug-likeness (QED) is 0.394. The van der Waals surface area contributed by atoms with E-state index >= 15 is 0 Å². The van der Waals surface area contributed by atoms with Gasteiger partial charge >= 0.3 is 5.69 Å². The maximum Gasteiger partial charge on any atom is 0.313 e. The van der Waals surface area contributed by atoms with Crippen LogP contribution in [-0.2, 0) is 0 Å². The Morgan fingerprint density at radius 1 is 1.14 bits per heavy atom. The number of nitrogens with one attached hydrogen (secondary N) is 1. The summed E-state index contributed by atoms with van der Waals surface area (Å²) < 4.78 is 2.22. The molecule has 1 aromatic carbocycles. The van der Waals surface area contributed by atoms with Gasteiger partial charge in [-0.3, -0.25) is 15.5 Å². The molecule has 0 atom stereocenters. The van der Waals surface area contributed by atoms with Gasteiger partial charge < -0.3 is 4.57 Å². The zero-order valence-electron chi connectivity index (χ0n) is 16.6. The van der Waals surface area contributed by atoms with Crippen LogP contribution < -0.4 is 5.43 Å². The minimum atomic E-state index is -0.486. The molecule has 0 aliphatic rings. The number of anilines is 1. The second-order valence-electron chi connectivity index (χ2n) is 6.91. The molecule has 0 aliphatic heterocycles. The second kappa shape index (κ2) is 7.64. The van der Waals surface area contributed by atoms with Crippen molar-refractivity contribution in [2.45, 2.75) is 34.6 Å². The molecule has 0 radical (unpaired) electrons. The zero-order chi connectivity index (χ0) is 20.4. The Labute approximate surface area is 163 Å². The van der Waals surface area contributed by atoms with E-state index in [1.54, 1.807) is 6.21 Å². The third-order valence-corrected chi connectivity index (χ3v) is 4.69. The number of nitrogens with zero attached hydrogens (tertiary/aromatic N) is 4. The fraction of sp³-hybridized carbons (Fsp3) is 0.238. The Balaban J connectivity index is 1.94. The van der Waals surface area contributed by atoms with E-state index < -0.39 is 4.92 Å². The van der Waals surface area contributed by atoms with Crippen LogP contribution in [0.4, 0.5) is 11.5 Å². The molecule has 0 aliphatic carbocycles. The first-order valence-corrected chi connectivity index (χ1v) is 8.95. The van der Waals surface area contributed by atoms with Gasteiger partial charge in [-0.1, -0.05) is 17.7 Å². The molecular weight excluding hydrogens is 354 g/mol. The fourth-order valence-corrected chi connectivity index (χ4v) is 3.58. The summed E-state index contributed by atoms with van der Waals surface area (Å²) in [6, 6.07) is 9.31. The van der Waals surface area contributed by atoms with E-state index in [-0.39, 0.29) is 11.5 Å². The molecule has 0 fully saturated rings. The third-order valence-electron chi connectivity index (χ3n) is 4.69. The van der Waals surface area contributed by atoms with Crippen molar-refractivity contribution in [1.29, 1.82) is 0 Å². The lowest BCUT2D eigenvalue weighted by Crippen LogP contribution is -2.05. The zero-order valence-corrected chi connectivity index (χ0v) is 16.6. The highest BCUT2D eigenvalue weighted by Gasteiger charge is 2.15. The molecule has 0 saturated heterocycles. The van der Waals surface area contributed by atoms with Crippen LogP contribution in [0.15, 0.2) is 41.6 Å². The molecular formula is C21H23N5O2. The molecule has 3 aromatic rings. The highest BCUT2D eigenvalue weighted by molar-refractivity contribution is 5.83. The van der Waals surface area contributed by atoms with Gasteiger partial charge in [0.05, 0.1) is 16.8 Å². The van der Waals surface area contributed by atoms with Gasteiger partial charge in [-0.25, -0.2) is 4.98 Å². The van der Waals surface area contributed by atoms with Crippen molar-refractivity contribution < 1.29 is 4.92 Å². The van der Waals surface area contributed by atoms with E-state index in [4.69, 9.17) is 0 Å². The summed E-state index contributed by atoms with van der Waals surface area (Å²) in [6.07, 6.45) is 3.15. The minimum absolute atomic E-state index is 0.114. The monoisotopic (exact) mass is 377 g/mol. The number of aryl methyl sites for hydroxylation is 4. The van der Waals surface area contributed by atoms with Gasteiger partial charge in [-0.05, 0) is 57.9 Å². The van der Waals surface area contributed by atoms with Gasteiger partial charge in [0.1, 0.15) is 0 Å². The lowest BCUT2D eigenvalue weighted by Gasteiger charge is -2.16. The number of hydrogen-bond acceptors (Lipinski definition) is 5. The smallest absolute Gasteiger partial charge is 0.313 e. The molecule has 3 rings (SSSR count). The summed E-state index contributed by atoms with van der Waals surface area (Å²) in [5.74, 6) is 0.114. The second-order valence-corrected chi connectivity index (χ2v) is 6.91. The minimum Gasteiger partial charge on any atom is -0.317 e. The molecule has 7 nitrogen and oxygen atoms in total. The van der Waals surface area contributed by atoms with Gasteiger partial charge in [0, 0.05) is 29.2 Å². The van der Waals surface area contributed by atoms with E-state index in [9.17, 15) is 10.1 Å². The number of hydrazone groups is 1. The standard InChI is InChI=1S/C21H23N5O2/c1-13-9-14(2)20(15(3)10-13)25-16(4)11-18(17(25)5)12-23-24-21-19(26(27)28)7-6-8-22-21/h6-12H,1-5H3,(H,22,24). The highest BCUT2D eigenvalue weighted by atomic mass is 16.6. The number of rotatable bonds is 5. The molecule has 28 heavy (non-hydrogen) atoms. The van der Waals surface area contributed by atoms with Crippen molar-refractivity contribution in [3.8, 4) is 5.69 Å². The Kier molecular flexibility index (Phi) is 5.26. The SMILES string of the molecule is Cc1cc(C)c(-n2c(C)cc(C=NNc3ncccc3[N+](=O)[O-])c2C)c(C)c1. The lowest BCUT2D eigenvalue weighted by atomic mass is 10.0. The van der Waals surface area contributed by atoms with Crippen LogP contribution in [0.25, 0.3) is 5.69 Å². The number of pyridine rings is 1. The van der Waals surface area contributed by atoms with Gasteiger partial charge in [0.25, 0.3) is 0 Å². The summed E-state index contributed by atoms with van der Waals surface area (Å²) in [7, 11) is 0. The van der Waals surface area contributed by atoms with E-state index in [1.807, 2.05) is 13.0 Å². The van der Waals surface area contributed by atoms with Crippen molar-refractivity contribution in [3.05, 3.63) is 80.3 Å². The maximum atomic E-state index is 11.1. The van der Waals surface area contributed by atoms with Crippen molar-refractivity contribution in [1.82, 2.24) is 9.55 Å². The first-order chi connectivity index (χ1) is 13.3. The number of hydrogen-bond donors (Lipinski definition) is 1. The summed E-state index contributed by atoms with van der Waals surface area (Å²) in [4.78, 5) is 14.6. The molecule has 144 valence electrons. The van der Waals surface area contributed by atoms with E-state index in [0.717, 1.165) is 17.0 Å². The van der Waals surface area contributed by atoms with Gasteiger partial charge in [0.15, 0.2) is 0 Å². The lowest BCUT2D eigenvalue weighted by molar-refractivity contribution is -0.384. The molecule has 0 unspecified atom stereocenters. The molecule has 1 N–H and O–H groups in total. The Morgan fingerprint density at radius 2 is 1.82 bits per heavy atom. The first kappa shape index (κ1) is 19.3. The van der Waals surface area contributed by atoms with Crippen LogP contribution in [0.1, 0.15) is 33.6 Å². The first-order valence-electron chi connectivity index (χ1n) is 8.95. The molecule has 0 amide bonds. The summed E-state index contributed by atoms with van der Waals surface area (Å²) >= 11 is 0. The van der Waals surface area contributed by atoms with Crippen LogP contribution in [0.3, 0.4) is 0 Å². The Hall–Kier alpha value is -3.48. The fourth-order valence-electron chi connectivity index (χ4n) is 3.58. The third kappa shape index (κ3) is 3.64. The van der Waals surface area contributed by atoms with Crippen LogP contribution in [-0.4, -0.2) is 20.7 Å². The number of benzene rings is 1. The summed E-state index contributed by atoms with van der Waals surface area (Å²) in [6.45, 7) is 10.4. The molecule has 0 spiro atoms. The van der Waals surface area contributed by atoms with Gasteiger partial charge in [-0.2, -0.15) is 5.10 Å². The predicted octanol–water partition coefficient (Wildman–Crippen LogP) is 4.77. The Morgan fingerprint density at radius 3 is 2.46 bits per heavy atom. The van der Waals surface area contributed by atoms with Crippen LogP contribution in [0.2, 0.25) is 0 Å². The van der Waals surface area contributed by atoms with Gasteiger partial charge in [0.2, 0.25) is 5.82 Å². The average molecular weight is 377 g/mol. The normalized spacial score (nSPS) is 11.2. The molecule has 0 saturated carbocycles. The summed E-state index contributed by atoms with van der Waals surface area (Å²) in [5, 5.41) is 15.2. The average Bonchev–Trinajstić information content (AvgIpc) is 2.89. The largest absolute Gasteiger partial charge is 0.317 e. The van der Waals surface area contributed by atoms with Crippen molar-refractivity contribution >= 4 is 17.7 Å². The maximum absolute atomic E-state index is 11.1. The molecule has 7 heteroatoms. The van der Waals surface area contributed by atoms with E-state index in [2.05, 4.69) is 59.9 Å². The van der Waals surface area contributed by atoms with Crippen LogP contribution in [0.5, 0.6) is 0 Å².